The Bertz CT molecular complexity index is 1280. The summed E-state index contributed by atoms with van der Waals surface area (Å²) in [6, 6.07) is 18.8. The summed E-state index contributed by atoms with van der Waals surface area (Å²) in [6.45, 7) is 1.72. The van der Waals surface area contributed by atoms with Crippen molar-refractivity contribution in [2.24, 2.45) is 0 Å². The summed E-state index contributed by atoms with van der Waals surface area (Å²) in [5, 5.41) is 2.84. The molecule has 0 radical (unpaired) electrons. The largest absolute Gasteiger partial charge is 0.497 e. The highest BCUT2D eigenvalue weighted by Crippen LogP contribution is 2.38. The summed E-state index contributed by atoms with van der Waals surface area (Å²) >= 11 is 1.56. The van der Waals surface area contributed by atoms with Crippen molar-refractivity contribution >= 4 is 39.1 Å². The highest BCUT2D eigenvalue weighted by Gasteiger charge is 2.37. The lowest BCUT2D eigenvalue weighted by atomic mass is 10.1. The van der Waals surface area contributed by atoms with Gasteiger partial charge in [0, 0.05) is 10.6 Å². The van der Waals surface area contributed by atoms with Crippen LogP contribution in [0.25, 0.3) is 0 Å². The quantitative estimate of drug-likeness (QED) is 0.525. The highest BCUT2D eigenvalue weighted by atomic mass is 32.2. The Balaban J connectivity index is 1.67. The molecule has 1 unspecified atom stereocenters. The van der Waals surface area contributed by atoms with Crippen LogP contribution in [-0.2, 0) is 14.8 Å². The van der Waals surface area contributed by atoms with E-state index in [2.05, 4.69) is 5.32 Å². The minimum absolute atomic E-state index is 0.101. The van der Waals surface area contributed by atoms with Gasteiger partial charge >= 0.3 is 0 Å². The van der Waals surface area contributed by atoms with E-state index < -0.39 is 22.0 Å². The van der Waals surface area contributed by atoms with Crippen molar-refractivity contribution in [3.05, 3.63) is 72.3 Å². The number of sulfonamides is 1. The Labute approximate surface area is 197 Å². The van der Waals surface area contributed by atoms with Gasteiger partial charge in [0.15, 0.2) is 6.10 Å². The topological polar surface area (TPSA) is 84.9 Å². The van der Waals surface area contributed by atoms with Crippen LogP contribution in [0.5, 0.6) is 11.5 Å². The number of fused-ring (bicyclic) bond motifs is 1. The van der Waals surface area contributed by atoms with E-state index in [4.69, 9.17) is 9.47 Å². The number of benzene rings is 3. The first-order valence-electron chi connectivity index (χ1n) is 10.2. The average Bonchev–Trinajstić information content (AvgIpc) is 2.83. The Hall–Kier alpha value is -3.17. The van der Waals surface area contributed by atoms with Crippen LogP contribution in [0.1, 0.15) is 5.56 Å². The minimum Gasteiger partial charge on any atom is -0.497 e. The third-order valence-corrected chi connectivity index (χ3v) is 7.78. The number of nitrogens with zero attached hydrogens (tertiary/aromatic N) is 1. The van der Waals surface area contributed by atoms with E-state index in [1.165, 1.54) is 23.5 Å². The zero-order valence-electron chi connectivity index (χ0n) is 18.4. The molecule has 3 aromatic rings. The number of nitrogens with one attached hydrogen (secondary N) is 1. The van der Waals surface area contributed by atoms with Gasteiger partial charge in [-0.15, -0.1) is 11.8 Å². The van der Waals surface area contributed by atoms with Gasteiger partial charge < -0.3 is 14.8 Å². The molecule has 1 amide bonds. The lowest BCUT2D eigenvalue weighted by Crippen LogP contribution is -2.48. The van der Waals surface area contributed by atoms with Crippen LogP contribution >= 0.6 is 11.8 Å². The molecular formula is C24H24N2O5S2. The second-order valence-corrected chi connectivity index (χ2v) is 10.3. The summed E-state index contributed by atoms with van der Waals surface area (Å²) in [7, 11) is -2.43. The Morgan fingerprint density at radius 1 is 1.12 bits per heavy atom. The predicted octanol–water partition coefficient (Wildman–Crippen LogP) is 4.32. The fourth-order valence-corrected chi connectivity index (χ4v) is 5.46. The van der Waals surface area contributed by atoms with Gasteiger partial charge in [-0.2, -0.15) is 0 Å². The van der Waals surface area contributed by atoms with Gasteiger partial charge in [-0.1, -0.05) is 12.1 Å². The molecular weight excluding hydrogens is 460 g/mol. The van der Waals surface area contributed by atoms with E-state index in [0.717, 1.165) is 10.5 Å². The van der Waals surface area contributed by atoms with Gasteiger partial charge in [0.2, 0.25) is 0 Å². The molecule has 4 rings (SSSR count). The Morgan fingerprint density at radius 3 is 2.58 bits per heavy atom. The van der Waals surface area contributed by atoms with E-state index >= 15 is 0 Å². The molecule has 172 valence electrons. The smallest absolute Gasteiger partial charge is 0.267 e. The fraction of sp³-hybridized carbons (Fsp3) is 0.208. The van der Waals surface area contributed by atoms with Gasteiger partial charge in [-0.05, 0) is 73.3 Å². The first-order chi connectivity index (χ1) is 15.8. The molecule has 0 spiro atoms. The molecule has 0 aromatic heterocycles. The van der Waals surface area contributed by atoms with E-state index in [9.17, 15) is 13.2 Å². The number of carbonyl (C=O) groups is 1. The SMILES string of the molecule is COc1ccc(S(=O)(=O)N2CC(C(=O)Nc3cccc(SC)c3)Oc3cc(C)ccc32)cc1. The molecule has 33 heavy (non-hydrogen) atoms. The molecule has 1 N–H and O–H groups in total. The maximum Gasteiger partial charge on any atom is 0.267 e. The molecule has 3 aromatic carbocycles. The standard InChI is InChI=1S/C24H24N2O5S2/c1-16-7-12-21-22(13-16)31-23(24(27)25-17-5-4-6-19(14-17)32-3)15-26(21)33(28,29)20-10-8-18(30-2)9-11-20/h4-14,23H,15H2,1-3H3,(H,25,27). The monoisotopic (exact) mass is 484 g/mol. The number of aryl methyl sites for hydroxylation is 1. The highest BCUT2D eigenvalue weighted by molar-refractivity contribution is 7.98. The van der Waals surface area contributed by atoms with Crippen molar-refractivity contribution in [1.82, 2.24) is 0 Å². The fourth-order valence-electron chi connectivity index (χ4n) is 3.52. The van der Waals surface area contributed by atoms with Gasteiger partial charge in [0.1, 0.15) is 11.5 Å². The molecule has 1 heterocycles. The molecule has 1 atom stereocenters. The van der Waals surface area contributed by atoms with Gasteiger partial charge in [0.25, 0.3) is 15.9 Å². The van der Waals surface area contributed by atoms with E-state index in [-0.39, 0.29) is 11.4 Å². The third kappa shape index (κ3) is 4.79. The Kier molecular flexibility index (Phi) is 6.53. The summed E-state index contributed by atoms with van der Waals surface area (Å²) in [6.07, 6.45) is 0.928. The molecule has 0 saturated carbocycles. The number of thioether (sulfide) groups is 1. The second-order valence-electron chi connectivity index (χ2n) is 7.51. The maximum absolute atomic E-state index is 13.5. The summed E-state index contributed by atoms with van der Waals surface area (Å²) in [4.78, 5) is 14.2. The van der Waals surface area contributed by atoms with Gasteiger partial charge in [-0.25, -0.2) is 8.42 Å². The van der Waals surface area contributed by atoms with Gasteiger partial charge in [-0.3, -0.25) is 9.10 Å². The molecule has 9 heteroatoms. The lowest BCUT2D eigenvalue weighted by molar-refractivity contribution is -0.122. The van der Waals surface area contributed by atoms with Crippen LogP contribution in [0.15, 0.2) is 76.5 Å². The average molecular weight is 485 g/mol. The zero-order chi connectivity index (χ0) is 23.6. The van der Waals surface area contributed by atoms with E-state index in [0.29, 0.717) is 22.9 Å². The first kappa shape index (κ1) is 23.0. The number of ether oxygens (including phenoxy) is 2. The number of hydrogen-bond donors (Lipinski definition) is 1. The summed E-state index contributed by atoms with van der Waals surface area (Å²) in [5.41, 5.74) is 1.91. The van der Waals surface area contributed by atoms with Crippen molar-refractivity contribution in [1.29, 1.82) is 0 Å². The number of amides is 1. The minimum atomic E-state index is -3.95. The number of hydrogen-bond acceptors (Lipinski definition) is 6. The van der Waals surface area contributed by atoms with Crippen LogP contribution in [0, 0.1) is 6.92 Å². The summed E-state index contributed by atoms with van der Waals surface area (Å²) < 4.78 is 39.4. The van der Waals surface area contributed by atoms with Crippen LogP contribution in [0.3, 0.4) is 0 Å². The number of methoxy groups -OCH3 is 1. The molecule has 0 fully saturated rings. The normalized spacial score (nSPS) is 15.4. The van der Waals surface area contributed by atoms with Crippen LogP contribution in [-0.4, -0.2) is 40.3 Å². The van der Waals surface area contributed by atoms with Crippen molar-refractivity contribution in [2.75, 3.05) is 29.5 Å². The third-order valence-electron chi connectivity index (χ3n) is 5.26. The van der Waals surface area contributed by atoms with E-state index in [1.54, 1.807) is 42.1 Å². The lowest BCUT2D eigenvalue weighted by Gasteiger charge is -2.35. The molecule has 0 aliphatic carbocycles. The van der Waals surface area contributed by atoms with Crippen molar-refractivity contribution in [3.8, 4) is 11.5 Å². The molecule has 0 saturated heterocycles. The summed E-state index contributed by atoms with van der Waals surface area (Å²) in [5.74, 6) is 0.475. The zero-order valence-corrected chi connectivity index (χ0v) is 20.1. The van der Waals surface area contributed by atoms with Crippen molar-refractivity contribution in [3.63, 3.8) is 0 Å². The van der Waals surface area contributed by atoms with Crippen LogP contribution in [0.4, 0.5) is 11.4 Å². The first-order valence-corrected chi connectivity index (χ1v) is 12.9. The molecule has 0 bridgehead atoms. The molecule has 7 nitrogen and oxygen atoms in total. The van der Waals surface area contributed by atoms with E-state index in [1.807, 2.05) is 37.4 Å². The number of anilines is 2. The molecule has 1 aliphatic heterocycles. The molecule has 1 aliphatic rings. The number of carbonyl (C=O) groups excluding carboxylic acids is 1. The second kappa shape index (κ2) is 9.36. The Morgan fingerprint density at radius 2 is 1.88 bits per heavy atom. The van der Waals surface area contributed by atoms with Crippen LogP contribution < -0.4 is 19.1 Å². The van der Waals surface area contributed by atoms with Crippen LogP contribution in [0.2, 0.25) is 0 Å². The van der Waals surface area contributed by atoms with Crippen molar-refractivity contribution in [2.45, 2.75) is 22.8 Å². The number of rotatable bonds is 6. The maximum atomic E-state index is 13.5. The van der Waals surface area contributed by atoms with Crippen molar-refractivity contribution < 1.29 is 22.7 Å². The predicted molar refractivity (Wildman–Crippen MR) is 130 cm³/mol. The van der Waals surface area contributed by atoms with Gasteiger partial charge in [0.05, 0.1) is 24.2 Å².